The average Bonchev–Trinajstić information content (AvgIpc) is 3.23. The first kappa shape index (κ1) is 19.9. The van der Waals surface area contributed by atoms with Crippen LogP contribution < -0.4 is 14.9 Å². The number of furan rings is 1. The van der Waals surface area contributed by atoms with Gasteiger partial charge in [0.15, 0.2) is 6.61 Å². The molecule has 1 amide bonds. The fourth-order valence-electron chi connectivity index (χ4n) is 2.59. The SMILES string of the molecule is Cc1cccc(C)c1OCC(=O)NN=Cc1cccc(OC(=O)c2ccco2)c1. The van der Waals surface area contributed by atoms with E-state index in [1.807, 2.05) is 32.0 Å². The first-order chi connectivity index (χ1) is 14.0. The second-order valence-electron chi connectivity index (χ2n) is 6.24. The van der Waals surface area contributed by atoms with Crippen molar-refractivity contribution in [2.75, 3.05) is 6.61 Å². The predicted molar refractivity (Wildman–Crippen MR) is 107 cm³/mol. The topological polar surface area (TPSA) is 90.1 Å². The lowest BCUT2D eigenvalue weighted by Gasteiger charge is -2.10. The zero-order valence-corrected chi connectivity index (χ0v) is 16.0. The van der Waals surface area contributed by atoms with Crippen molar-refractivity contribution in [3.8, 4) is 11.5 Å². The van der Waals surface area contributed by atoms with Crippen LogP contribution in [-0.4, -0.2) is 24.7 Å². The third kappa shape index (κ3) is 5.55. The van der Waals surface area contributed by atoms with Crippen molar-refractivity contribution in [1.29, 1.82) is 0 Å². The number of para-hydroxylation sites is 1. The Kier molecular flexibility index (Phi) is 6.42. The number of carbonyl (C=O) groups excluding carboxylic acids is 2. The smallest absolute Gasteiger partial charge is 0.379 e. The molecule has 7 nitrogen and oxygen atoms in total. The predicted octanol–water partition coefficient (Wildman–Crippen LogP) is 3.64. The number of hydrazone groups is 1. The summed E-state index contributed by atoms with van der Waals surface area (Å²) in [6.07, 6.45) is 2.84. The summed E-state index contributed by atoms with van der Waals surface area (Å²) < 4.78 is 15.8. The lowest BCUT2D eigenvalue weighted by atomic mass is 10.1. The van der Waals surface area contributed by atoms with Gasteiger partial charge in [0.1, 0.15) is 11.5 Å². The van der Waals surface area contributed by atoms with Crippen molar-refractivity contribution in [3.05, 3.63) is 83.3 Å². The summed E-state index contributed by atoms with van der Waals surface area (Å²) in [5, 5.41) is 3.91. The van der Waals surface area contributed by atoms with Gasteiger partial charge in [0.2, 0.25) is 5.76 Å². The monoisotopic (exact) mass is 392 g/mol. The van der Waals surface area contributed by atoms with E-state index in [-0.39, 0.29) is 18.3 Å². The van der Waals surface area contributed by atoms with Gasteiger partial charge in [-0.25, -0.2) is 10.2 Å². The third-order valence-electron chi connectivity index (χ3n) is 3.95. The zero-order valence-electron chi connectivity index (χ0n) is 16.0. The minimum absolute atomic E-state index is 0.111. The molecule has 0 aliphatic heterocycles. The number of ether oxygens (including phenoxy) is 2. The van der Waals surface area contributed by atoms with Crippen molar-refractivity contribution in [1.82, 2.24) is 5.43 Å². The van der Waals surface area contributed by atoms with E-state index in [9.17, 15) is 9.59 Å². The molecule has 148 valence electrons. The van der Waals surface area contributed by atoms with Crippen LogP contribution in [0.5, 0.6) is 11.5 Å². The van der Waals surface area contributed by atoms with Crippen LogP contribution in [0.15, 0.2) is 70.4 Å². The van der Waals surface area contributed by atoms with Crippen molar-refractivity contribution in [2.45, 2.75) is 13.8 Å². The van der Waals surface area contributed by atoms with Crippen LogP contribution in [0.1, 0.15) is 27.2 Å². The van der Waals surface area contributed by atoms with Crippen LogP contribution in [0.3, 0.4) is 0 Å². The number of amides is 1. The highest BCUT2D eigenvalue weighted by Gasteiger charge is 2.11. The molecule has 0 fully saturated rings. The number of esters is 1. The van der Waals surface area contributed by atoms with Gasteiger partial charge in [0.25, 0.3) is 5.91 Å². The standard InChI is InChI=1S/C22H20N2O5/c1-15-6-3-7-16(2)21(15)28-14-20(25)24-23-13-17-8-4-9-18(12-17)29-22(26)19-10-5-11-27-19/h3-13H,14H2,1-2H3,(H,24,25). The number of aryl methyl sites for hydroxylation is 2. The molecule has 0 radical (unpaired) electrons. The van der Waals surface area contributed by atoms with Gasteiger partial charge in [-0.05, 0) is 54.8 Å². The summed E-state index contributed by atoms with van der Waals surface area (Å²) in [6, 6.07) is 15.6. The molecule has 0 saturated carbocycles. The molecule has 0 atom stereocenters. The maximum atomic E-state index is 11.9. The summed E-state index contributed by atoms with van der Waals surface area (Å²) in [7, 11) is 0. The van der Waals surface area contributed by atoms with Gasteiger partial charge in [0.05, 0.1) is 12.5 Å². The Balaban J connectivity index is 1.52. The van der Waals surface area contributed by atoms with Gasteiger partial charge in [0, 0.05) is 0 Å². The Bertz CT molecular complexity index is 1010. The minimum Gasteiger partial charge on any atom is -0.483 e. The van der Waals surface area contributed by atoms with E-state index in [4.69, 9.17) is 13.9 Å². The van der Waals surface area contributed by atoms with Crippen molar-refractivity contribution < 1.29 is 23.5 Å². The molecule has 3 rings (SSSR count). The number of hydrogen-bond acceptors (Lipinski definition) is 6. The molecule has 0 saturated heterocycles. The van der Waals surface area contributed by atoms with E-state index < -0.39 is 5.97 Å². The molecule has 2 aromatic carbocycles. The number of carbonyl (C=O) groups is 2. The van der Waals surface area contributed by atoms with Gasteiger partial charge < -0.3 is 13.9 Å². The quantitative estimate of drug-likeness (QED) is 0.287. The second kappa shape index (κ2) is 9.36. The molecule has 1 heterocycles. The van der Waals surface area contributed by atoms with Crippen molar-refractivity contribution >= 4 is 18.1 Å². The maximum absolute atomic E-state index is 11.9. The summed E-state index contributed by atoms with van der Waals surface area (Å²) >= 11 is 0. The summed E-state index contributed by atoms with van der Waals surface area (Å²) in [5.74, 6) is 0.156. The Hall–Kier alpha value is -3.87. The van der Waals surface area contributed by atoms with Gasteiger partial charge in [-0.15, -0.1) is 0 Å². The average molecular weight is 392 g/mol. The molecule has 1 aromatic heterocycles. The van der Waals surface area contributed by atoms with E-state index >= 15 is 0 Å². The molecular weight excluding hydrogens is 372 g/mol. The summed E-state index contributed by atoms with van der Waals surface area (Å²) in [6.45, 7) is 3.69. The van der Waals surface area contributed by atoms with E-state index in [0.717, 1.165) is 11.1 Å². The van der Waals surface area contributed by atoms with Crippen molar-refractivity contribution in [3.63, 3.8) is 0 Å². The van der Waals surface area contributed by atoms with E-state index in [1.165, 1.54) is 18.5 Å². The van der Waals surface area contributed by atoms with Gasteiger partial charge in [-0.1, -0.05) is 30.3 Å². The largest absolute Gasteiger partial charge is 0.483 e. The second-order valence-corrected chi connectivity index (χ2v) is 6.24. The van der Waals surface area contributed by atoms with Crippen LogP contribution >= 0.6 is 0 Å². The van der Waals surface area contributed by atoms with Crippen LogP contribution in [-0.2, 0) is 4.79 Å². The van der Waals surface area contributed by atoms with E-state index in [0.29, 0.717) is 17.1 Å². The molecule has 3 aromatic rings. The normalized spacial score (nSPS) is 10.7. The number of hydrogen-bond donors (Lipinski definition) is 1. The zero-order chi connectivity index (χ0) is 20.6. The Morgan fingerprint density at radius 1 is 1.07 bits per heavy atom. The first-order valence-electron chi connectivity index (χ1n) is 8.89. The molecule has 0 aliphatic carbocycles. The number of benzene rings is 2. The first-order valence-corrected chi connectivity index (χ1v) is 8.89. The van der Waals surface area contributed by atoms with E-state index in [1.54, 1.807) is 30.3 Å². The fraction of sp³-hybridized carbons (Fsp3) is 0.136. The molecule has 1 N–H and O–H groups in total. The lowest BCUT2D eigenvalue weighted by Crippen LogP contribution is -2.25. The third-order valence-corrected chi connectivity index (χ3v) is 3.95. The maximum Gasteiger partial charge on any atom is 0.379 e. The van der Waals surface area contributed by atoms with Gasteiger partial charge in [-0.2, -0.15) is 5.10 Å². The Morgan fingerprint density at radius 2 is 1.83 bits per heavy atom. The Labute approximate surface area is 167 Å². The highest BCUT2D eigenvalue weighted by Crippen LogP contribution is 2.22. The summed E-state index contributed by atoms with van der Waals surface area (Å²) in [5.41, 5.74) is 4.97. The highest BCUT2D eigenvalue weighted by molar-refractivity contribution is 5.88. The van der Waals surface area contributed by atoms with Crippen LogP contribution in [0.4, 0.5) is 0 Å². The Morgan fingerprint density at radius 3 is 2.55 bits per heavy atom. The fourth-order valence-corrected chi connectivity index (χ4v) is 2.59. The number of nitrogens with zero attached hydrogens (tertiary/aromatic N) is 1. The lowest BCUT2D eigenvalue weighted by molar-refractivity contribution is -0.123. The molecule has 0 bridgehead atoms. The van der Waals surface area contributed by atoms with E-state index in [2.05, 4.69) is 10.5 Å². The van der Waals surface area contributed by atoms with Crippen molar-refractivity contribution in [2.24, 2.45) is 5.10 Å². The molecule has 0 spiro atoms. The van der Waals surface area contributed by atoms with Crippen LogP contribution in [0.25, 0.3) is 0 Å². The number of nitrogens with one attached hydrogen (secondary N) is 1. The molecule has 7 heteroatoms. The minimum atomic E-state index is -0.596. The van der Waals surface area contributed by atoms with Crippen LogP contribution in [0, 0.1) is 13.8 Å². The summed E-state index contributed by atoms with van der Waals surface area (Å²) in [4.78, 5) is 23.8. The molecule has 29 heavy (non-hydrogen) atoms. The molecular formula is C22H20N2O5. The number of rotatable bonds is 7. The molecule has 0 aliphatic rings. The van der Waals surface area contributed by atoms with Gasteiger partial charge in [-0.3, -0.25) is 4.79 Å². The van der Waals surface area contributed by atoms with Gasteiger partial charge >= 0.3 is 5.97 Å². The highest BCUT2D eigenvalue weighted by atomic mass is 16.5. The van der Waals surface area contributed by atoms with Crippen LogP contribution in [0.2, 0.25) is 0 Å². The molecule has 0 unspecified atom stereocenters.